The molecule has 0 atom stereocenters. The van der Waals surface area contributed by atoms with Crippen LogP contribution in [0.1, 0.15) is 52.8 Å². The summed E-state index contributed by atoms with van der Waals surface area (Å²) in [5.41, 5.74) is 0.547. The van der Waals surface area contributed by atoms with Gasteiger partial charge in [0.05, 0.1) is 28.6 Å². The van der Waals surface area contributed by atoms with Gasteiger partial charge in [-0.25, -0.2) is 9.67 Å². The maximum Gasteiger partial charge on any atom is 0.416 e. The molecule has 0 aliphatic carbocycles. The summed E-state index contributed by atoms with van der Waals surface area (Å²) in [6.45, 7) is 5.32. The first kappa shape index (κ1) is 23.1. The normalized spacial score (nSPS) is 11.7. The maximum atomic E-state index is 13.2. The smallest absolute Gasteiger partial charge is 0.348 e. The van der Waals surface area contributed by atoms with Crippen LogP contribution in [0.15, 0.2) is 53.3 Å². The first-order valence-electron chi connectivity index (χ1n) is 10.4. The summed E-state index contributed by atoms with van der Waals surface area (Å²) < 4.78 is 46.3. The van der Waals surface area contributed by atoms with E-state index < -0.39 is 17.6 Å². The van der Waals surface area contributed by atoms with Gasteiger partial charge < -0.3 is 9.84 Å². The molecule has 176 valence electrons. The van der Waals surface area contributed by atoms with Crippen molar-refractivity contribution in [3.8, 4) is 17.3 Å². The van der Waals surface area contributed by atoms with Crippen LogP contribution in [0, 0.1) is 6.92 Å². The topological polar surface area (TPSA) is 98.7 Å². The van der Waals surface area contributed by atoms with E-state index in [9.17, 15) is 18.0 Å². The van der Waals surface area contributed by atoms with Crippen LogP contribution in [0.5, 0.6) is 0 Å². The van der Waals surface area contributed by atoms with Gasteiger partial charge in [-0.15, -0.1) is 0 Å². The standard InChI is InChI=1S/C23H21F3N6O2/c1-13(2)20-30-22(34-31-20)16-8-9-19(27-11-16)32-14(3)17(12-29-32)21(33)28-10-15-6-4-5-7-18(15)23(24,25)26/h4-9,11-13H,10H2,1-3H3,(H,28,33). The third-order valence-electron chi connectivity index (χ3n) is 5.19. The Labute approximate surface area is 192 Å². The van der Waals surface area contributed by atoms with Crippen LogP contribution < -0.4 is 5.32 Å². The van der Waals surface area contributed by atoms with Crippen molar-refractivity contribution in [2.45, 2.75) is 39.4 Å². The Bertz CT molecular complexity index is 1310. The first-order chi connectivity index (χ1) is 16.1. The number of carbonyl (C=O) groups is 1. The summed E-state index contributed by atoms with van der Waals surface area (Å²) in [6, 6.07) is 8.55. The molecule has 3 aromatic heterocycles. The summed E-state index contributed by atoms with van der Waals surface area (Å²) in [6.07, 6.45) is -1.59. The zero-order valence-corrected chi connectivity index (χ0v) is 18.6. The van der Waals surface area contributed by atoms with E-state index >= 15 is 0 Å². The van der Waals surface area contributed by atoms with E-state index in [2.05, 4.69) is 25.5 Å². The third kappa shape index (κ3) is 4.68. The number of alkyl halides is 3. The number of benzene rings is 1. The molecule has 11 heteroatoms. The lowest BCUT2D eigenvalue weighted by Gasteiger charge is -2.13. The highest BCUT2D eigenvalue weighted by Crippen LogP contribution is 2.31. The van der Waals surface area contributed by atoms with Gasteiger partial charge in [-0.3, -0.25) is 4.79 Å². The molecule has 34 heavy (non-hydrogen) atoms. The van der Waals surface area contributed by atoms with Crippen LogP contribution in [0.4, 0.5) is 13.2 Å². The van der Waals surface area contributed by atoms with Crippen molar-refractivity contribution in [1.82, 2.24) is 30.2 Å². The molecule has 0 bridgehead atoms. The summed E-state index contributed by atoms with van der Waals surface area (Å²) >= 11 is 0. The number of nitrogens with one attached hydrogen (secondary N) is 1. The largest absolute Gasteiger partial charge is 0.416 e. The van der Waals surface area contributed by atoms with Gasteiger partial charge in [0.25, 0.3) is 11.8 Å². The minimum atomic E-state index is -4.50. The molecule has 0 aliphatic heterocycles. The highest BCUT2D eigenvalue weighted by Gasteiger charge is 2.33. The predicted octanol–water partition coefficient (Wildman–Crippen LogP) is 4.70. The molecule has 1 aromatic carbocycles. The van der Waals surface area contributed by atoms with Crippen LogP contribution in [0.2, 0.25) is 0 Å². The fourth-order valence-electron chi connectivity index (χ4n) is 3.31. The van der Waals surface area contributed by atoms with Crippen LogP contribution >= 0.6 is 0 Å². The number of hydrogen-bond acceptors (Lipinski definition) is 6. The van der Waals surface area contributed by atoms with Crippen LogP contribution in [-0.4, -0.2) is 30.8 Å². The Balaban J connectivity index is 1.49. The lowest BCUT2D eigenvalue weighted by atomic mass is 10.1. The Kier molecular flexibility index (Phi) is 6.18. The molecule has 0 unspecified atom stereocenters. The Morgan fingerprint density at radius 2 is 1.91 bits per heavy atom. The number of aromatic nitrogens is 5. The van der Waals surface area contributed by atoms with Crippen LogP contribution in [0.25, 0.3) is 17.3 Å². The molecule has 0 saturated heterocycles. The fourth-order valence-corrected chi connectivity index (χ4v) is 3.31. The van der Waals surface area contributed by atoms with Crippen molar-refractivity contribution in [1.29, 1.82) is 0 Å². The van der Waals surface area contributed by atoms with E-state index in [0.29, 0.717) is 28.8 Å². The molecule has 3 heterocycles. The highest BCUT2D eigenvalue weighted by atomic mass is 19.4. The SMILES string of the molecule is Cc1c(C(=O)NCc2ccccc2C(F)(F)F)cnn1-c1ccc(-c2nc(C(C)C)no2)cn1. The first-order valence-corrected chi connectivity index (χ1v) is 10.4. The molecule has 0 fully saturated rings. The Hall–Kier alpha value is -4.02. The molecular weight excluding hydrogens is 449 g/mol. The quantitative estimate of drug-likeness (QED) is 0.439. The Morgan fingerprint density at radius 3 is 2.56 bits per heavy atom. The monoisotopic (exact) mass is 470 g/mol. The van der Waals surface area contributed by atoms with Gasteiger partial charge >= 0.3 is 6.18 Å². The number of nitrogens with zero attached hydrogens (tertiary/aromatic N) is 5. The Morgan fingerprint density at radius 1 is 1.15 bits per heavy atom. The maximum absolute atomic E-state index is 13.2. The predicted molar refractivity (Wildman–Crippen MR) is 116 cm³/mol. The number of halogens is 3. The van der Waals surface area contributed by atoms with E-state index in [1.54, 1.807) is 25.3 Å². The fraction of sp³-hybridized carbons (Fsp3) is 0.261. The van der Waals surface area contributed by atoms with E-state index in [1.165, 1.54) is 29.1 Å². The van der Waals surface area contributed by atoms with Crippen molar-refractivity contribution >= 4 is 5.91 Å². The zero-order valence-electron chi connectivity index (χ0n) is 18.6. The van der Waals surface area contributed by atoms with Gasteiger partial charge in [-0.1, -0.05) is 37.2 Å². The minimum absolute atomic E-state index is 0.0210. The van der Waals surface area contributed by atoms with Crippen LogP contribution in [0.3, 0.4) is 0 Å². The summed E-state index contributed by atoms with van der Waals surface area (Å²) in [4.78, 5) is 21.3. The molecule has 0 saturated carbocycles. The van der Waals surface area contributed by atoms with Crippen molar-refractivity contribution in [3.63, 3.8) is 0 Å². The molecular formula is C23H21F3N6O2. The molecule has 0 spiro atoms. The average molecular weight is 470 g/mol. The van der Waals surface area contributed by atoms with Gasteiger partial charge in [0, 0.05) is 18.7 Å². The van der Waals surface area contributed by atoms with E-state index in [0.717, 1.165) is 6.07 Å². The molecule has 4 rings (SSSR count). The minimum Gasteiger partial charge on any atom is -0.348 e. The van der Waals surface area contributed by atoms with E-state index in [4.69, 9.17) is 4.52 Å². The van der Waals surface area contributed by atoms with E-state index in [-0.39, 0.29) is 23.6 Å². The molecule has 0 aliphatic rings. The lowest BCUT2D eigenvalue weighted by Crippen LogP contribution is -2.25. The molecule has 1 N–H and O–H groups in total. The second kappa shape index (κ2) is 9.08. The molecule has 0 radical (unpaired) electrons. The number of rotatable bonds is 6. The van der Waals surface area contributed by atoms with Gasteiger partial charge in [-0.2, -0.15) is 23.3 Å². The van der Waals surface area contributed by atoms with E-state index in [1.807, 2.05) is 13.8 Å². The average Bonchev–Trinajstić information content (AvgIpc) is 3.45. The molecule has 4 aromatic rings. The second-order valence-corrected chi connectivity index (χ2v) is 7.91. The molecule has 1 amide bonds. The number of hydrogen-bond donors (Lipinski definition) is 1. The second-order valence-electron chi connectivity index (χ2n) is 7.91. The molecule has 8 nitrogen and oxygen atoms in total. The van der Waals surface area contributed by atoms with Crippen molar-refractivity contribution in [2.24, 2.45) is 0 Å². The number of pyridine rings is 1. The highest BCUT2D eigenvalue weighted by molar-refractivity contribution is 5.95. The van der Waals surface area contributed by atoms with Crippen molar-refractivity contribution < 1.29 is 22.5 Å². The lowest BCUT2D eigenvalue weighted by molar-refractivity contribution is -0.138. The number of carbonyl (C=O) groups excluding carboxylic acids is 1. The van der Waals surface area contributed by atoms with Gasteiger partial charge in [0.1, 0.15) is 0 Å². The van der Waals surface area contributed by atoms with Crippen LogP contribution in [-0.2, 0) is 12.7 Å². The summed E-state index contributed by atoms with van der Waals surface area (Å²) in [7, 11) is 0. The third-order valence-corrected chi connectivity index (χ3v) is 5.19. The van der Waals surface area contributed by atoms with Gasteiger partial charge in [0.15, 0.2) is 11.6 Å². The van der Waals surface area contributed by atoms with Gasteiger partial charge in [-0.05, 0) is 30.7 Å². The summed E-state index contributed by atoms with van der Waals surface area (Å²) in [5, 5.41) is 10.7. The van der Waals surface area contributed by atoms with Gasteiger partial charge in [0.2, 0.25) is 0 Å². The summed E-state index contributed by atoms with van der Waals surface area (Å²) in [5.74, 6) is 0.980. The van der Waals surface area contributed by atoms with Crippen molar-refractivity contribution in [3.05, 3.63) is 77.0 Å². The van der Waals surface area contributed by atoms with Crippen molar-refractivity contribution in [2.75, 3.05) is 0 Å². The zero-order chi connectivity index (χ0) is 24.5. The number of amides is 1.